The van der Waals surface area contributed by atoms with E-state index in [0.29, 0.717) is 17.9 Å². The van der Waals surface area contributed by atoms with Gasteiger partial charge in [0.2, 0.25) is 11.8 Å². The summed E-state index contributed by atoms with van der Waals surface area (Å²) in [5, 5.41) is 2.83. The Labute approximate surface area is 165 Å². The summed E-state index contributed by atoms with van der Waals surface area (Å²) in [5.74, 6) is -2.74. The summed E-state index contributed by atoms with van der Waals surface area (Å²) in [6.07, 6.45) is 4.44. The van der Waals surface area contributed by atoms with Crippen LogP contribution in [-0.4, -0.2) is 46.7 Å². The Bertz CT molecular complexity index is 777. The van der Waals surface area contributed by atoms with Gasteiger partial charge < -0.3 is 10.1 Å². The van der Waals surface area contributed by atoms with Crippen molar-refractivity contribution in [3.05, 3.63) is 22.3 Å². The lowest BCUT2D eigenvalue weighted by Crippen LogP contribution is -2.37. The molecule has 0 unspecified atom stereocenters. The molecule has 1 saturated heterocycles. The Morgan fingerprint density at radius 1 is 1.19 bits per heavy atom. The second kappa shape index (κ2) is 8.22. The summed E-state index contributed by atoms with van der Waals surface area (Å²) in [6.45, 7) is -1.08. The summed E-state index contributed by atoms with van der Waals surface area (Å²) in [5.41, 5.74) is 0. The van der Waals surface area contributed by atoms with Crippen molar-refractivity contribution >= 4 is 52.7 Å². The number of rotatable bonds is 5. The number of amides is 3. The largest absolute Gasteiger partial charge is 0.454 e. The van der Waals surface area contributed by atoms with E-state index in [1.165, 1.54) is 12.3 Å². The molecule has 1 aromatic heterocycles. The van der Waals surface area contributed by atoms with Crippen LogP contribution in [0.4, 0.5) is 5.82 Å². The Morgan fingerprint density at radius 2 is 1.81 bits per heavy atom. The lowest BCUT2D eigenvalue weighted by atomic mass is 9.81. The molecule has 2 atom stereocenters. The Morgan fingerprint density at radius 3 is 2.41 bits per heavy atom. The highest BCUT2D eigenvalue weighted by molar-refractivity contribution is 6.36. The molecule has 8 nitrogen and oxygen atoms in total. The fourth-order valence-corrected chi connectivity index (χ4v) is 3.81. The summed E-state index contributed by atoms with van der Waals surface area (Å²) in [4.78, 5) is 53.2. The number of imide groups is 1. The third-order valence-electron chi connectivity index (χ3n) is 4.65. The van der Waals surface area contributed by atoms with Crippen LogP contribution in [0, 0.1) is 11.8 Å². The number of halogens is 2. The van der Waals surface area contributed by atoms with E-state index in [-0.39, 0.29) is 34.5 Å². The SMILES string of the molecule is O=C(COC(=O)CN1C(=O)[C@H]2CCCC[C@H]2C1=O)Nc1ncc(Cl)cc1Cl. The number of nitrogens with zero attached hydrogens (tertiary/aromatic N) is 2. The normalized spacial score (nSPS) is 21.8. The van der Waals surface area contributed by atoms with Crippen molar-refractivity contribution in [2.45, 2.75) is 25.7 Å². The van der Waals surface area contributed by atoms with Gasteiger partial charge in [0.05, 0.1) is 21.9 Å². The van der Waals surface area contributed by atoms with Gasteiger partial charge in [0.1, 0.15) is 6.54 Å². The van der Waals surface area contributed by atoms with E-state index in [0.717, 1.165) is 17.7 Å². The Balaban J connectivity index is 1.50. The average Bonchev–Trinajstić information content (AvgIpc) is 2.88. The van der Waals surface area contributed by atoms with E-state index in [1.54, 1.807) is 0 Å². The van der Waals surface area contributed by atoms with Gasteiger partial charge >= 0.3 is 5.97 Å². The van der Waals surface area contributed by atoms with Crippen LogP contribution in [0.25, 0.3) is 0 Å². The van der Waals surface area contributed by atoms with Crippen molar-refractivity contribution in [2.24, 2.45) is 11.8 Å². The van der Waals surface area contributed by atoms with Crippen LogP contribution >= 0.6 is 23.2 Å². The van der Waals surface area contributed by atoms with Gasteiger partial charge in [-0.25, -0.2) is 4.98 Å². The lowest BCUT2D eigenvalue weighted by molar-refractivity contribution is -0.154. The molecular weight excluding hydrogens is 397 g/mol. The topological polar surface area (TPSA) is 106 Å². The van der Waals surface area contributed by atoms with Crippen LogP contribution in [0.5, 0.6) is 0 Å². The molecule has 0 radical (unpaired) electrons. The predicted molar refractivity (Wildman–Crippen MR) is 96.0 cm³/mol. The van der Waals surface area contributed by atoms with Crippen molar-refractivity contribution in [3.63, 3.8) is 0 Å². The number of carbonyl (C=O) groups excluding carboxylic acids is 4. The average molecular weight is 414 g/mol. The van der Waals surface area contributed by atoms with Crippen molar-refractivity contribution < 1.29 is 23.9 Å². The summed E-state index contributed by atoms with van der Waals surface area (Å²) in [7, 11) is 0. The van der Waals surface area contributed by atoms with Crippen LogP contribution in [0.3, 0.4) is 0 Å². The number of likely N-dealkylation sites (tertiary alicyclic amines) is 1. The smallest absolute Gasteiger partial charge is 0.326 e. The Hall–Kier alpha value is -2.19. The van der Waals surface area contributed by atoms with E-state index in [9.17, 15) is 19.2 Å². The minimum Gasteiger partial charge on any atom is -0.454 e. The minimum absolute atomic E-state index is 0.0797. The first kappa shape index (κ1) is 19.6. The first-order chi connectivity index (χ1) is 12.9. The van der Waals surface area contributed by atoms with Gasteiger partial charge in [-0.15, -0.1) is 0 Å². The van der Waals surface area contributed by atoms with Crippen molar-refractivity contribution in [1.29, 1.82) is 0 Å². The maximum Gasteiger partial charge on any atom is 0.326 e. The number of carbonyl (C=O) groups is 4. The number of pyridine rings is 1. The maximum atomic E-state index is 12.3. The molecule has 1 aliphatic heterocycles. The number of fused-ring (bicyclic) bond motifs is 1. The maximum absolute atomic E-state index is 12.3. The lowest BCUT2D eigenvalue weighted by Gasteiger charge is -2.19. The van der Waals surface area contributed by atoms with Gasteiger partial charge in [-0.3, -0.25) is 24.1 Å². The zero-order valence-corrected chi connectivity index (χ0v) is 15.8. The van der Waals surface area contributed by atoms with E-state index in [4.69, 9.17) is 27.9 Å². The van der Waals surface area contributed by atoms with Gasteiger partial charge in [0.25, 0.3) is 5.91 Å². The van der Waals surface area contributed by atoms with E-state index < -0.39 is 25.0 Å². The number of anilines is 1. The zero-order chi connectivity index (χ0) is 19.6. The number of ether oxygens (including phenoxy) is 1. The molecule has 1 saturated carbocycles. The van der Waals surface area contributed by atoms with Gasteiger partial charge in [-0.05, 0) is 18.9 Å². The van der Waals surface area contributed by atoms with Crippen LogP contribution in [0.2, 0.25) is 10.0 Å². The second-order valence-corrected chi connectivity index (χ2v) is 7.30. The molecule has 144 valence electrons. The van der Waals surface area contributed by atoms with E-state index in [2.05, 4.69) is 10.3 Å². The summed E-state index contributed by atoms with van der Waals surface area (Å²) in [6, 6.07) is 1.40. The molecule has 2 heterocycles. The van der Waals surface area contributed by atoms with Gasteiger partial charge in [-0.2, -0.15) is 0 Å². The third-order valence-corrected chi connectivity index (χ3v) is 5.14. The van der Waals surface area contributed by atoms with E-state index >= 15 is 0 Å². The molecule has 2 aliphatic rings. The molecule has 0 bridgehead atoms. The minimum atomic E-state index is -0.833. The molecule has 27 heavy (non-hydrogen) atoms. The van der Waals surface area contributed by atoms with Gasteiger partial charge in [0.15, 0.2) is 12.4 Å². The highest BCUT2D eigenvalue weighted by atomic mass is 35.5. The van der Waals surface area contributed by atoms with Crippen LogP contribution < -0.4 is 5.32 Å². The standard InChI is InChI=1S/C17H17Cl2N3O5/c18-9-5-12(19)15(20-6-9)21-13(23)8-27-14(24)7-22-16(25)10-3-1-2-4-11(10)17(22)26/h5-6,10-11H,1-4,7-8H2,(H,20,21,23)/t10-,11+. The molecule has 3 amide bonds. The molecule has 0 aromatic carbocycles. The first-order valence-electron chi connectivity index (χ1n) is 8.48. The van der Waals surface area contributed by atoms with Crippen LogP contribution in [0.1, 0.15) is 25.7 Å². The molecular formula is C17H17Cl2N3O5. The number of aromatic nitrogens is 1. The monoisotopic (exact) mass is 413 g/mol. The molecule has 1 aromatic rings. The zero-order valence-electron chi connectivity index (χ0n) is 14.2. The molecule has 0 spiro atoms. The van der Waals surface area contributed by atoms with Gasteiger partial charge in [0, 0.05) is 6.20 Å². The number of esters is 1. The highest BCUT2D eigenvalue weighted by Crippen LogP contribution is 2.37. The van der Waals surface area contributed by atoms with Crippen molar-refractivity contribution in [1.82, 2.24) is 9.88 Å². The Kier molecular flexibility index (Phi) is 5.96. The van der Waals surface area contributed by atoms with Crippen molar-refractivity contribution in [3.8, 4) is 0 Å². The summed E-state index contributed by atoms with van der Waals surface area (Å²) >= 11 is 11.6. The highest BCUT2D eigenvalue weighted by Gasteiger charge is 2.48. The summed E-state index contributed by atoms with van der Waals surface area (Å²) < 4.78 is 4.86. The first-order valence-corrected chi connectivity index (χ1v) is 9.24. The molecule has 1 N–H and O–H groups in total. The fourth-order valence-electron chi connectivity index (χ4n) is 3.38. The fraction of sp³-hybridized carbons (Fsp3) is 0.471. The second-order valence-electron chi connectivity index (χ2n) is 6.45. The molecule has 1 aliphatic carbocycles. The van der Waals surface area contributed by atoms with Crippen LogP contribution in [-0.2, 0) is 23.9 Å². The van der Waals surface area contributed by atoms with Gasteiger partial charge in [-0.1, -0.05) is 36.0 Å². The number of hydrogen-bond donors (Lipinski definition) is 1. The predicted octanol–water partition coefficient (Wildman–Crippen LogP) is 2.05. The number of nitrogens with one attached hydrogen (secondary N) is 1. The molecule has 3 rings (SSSR count). The molecule has 2 fully saturated rings. The molecule has 10 heteroatoms. The van der Waals surface area contributed by atoms with Crippen LogP contribution in [0.15, 0.2) is 12.3 Å². The van der Waals surface area contributed by atoms with E-state index in [1.807, 2.05) is 0 Å². The number of hydrogen-bond acceptors (Lipinski definition) is 6. The third kappa shape index (κ3) is 4.39. The quantitative estimate of drug-likeness (QED) is 0.584. The van der Waals surface area contributed by atoms with Crippen molar-refractivity contribution in [2.75, 3.05) is 18.5 Å².